The van der Waals surface area contributed by atoms with Gasteiger partial charge in [-0.3, -0.25) is 0 Å². The quantitative estimate of drug-likeness (QED) is 0.215. The summed E-state index contributed by atoms with van der Waals surface area (Å²) in [6.45, 7) is 0. The average Bonchev–Trinajstić information content (AvgIpc) is 3.68. The molecule has 6 aromatic carbocycles. The maximum atomic E-state index is 9.97. The van der Waals surface area contributed by atoms with Crippen LogP contribution in [0, 0.1) is 11.3 Å². The third-order valence-corrected chi connectivity index (χ3v) is 9.49. The van der Waals surface area contributed by atoms with Crippen molar-refractivity contribution in [1.82, 2.24) is 9.13 Å². The zero-order valence-electron chi connectivity index (χ0n) is 21.9. The van der Waals surface area contributed by atoms with Gasteiger partial charge in [0.2, 0.25) is 0 Å². The molecular weight excluding hydrogens is 518 g/mol. The van der Waals surface area contributed by atoms with Gasteiger partial charge >= 0.3 is 0 Å². The van der Waals surface area contributed by atoms with Crippen molar-refractivity contribution in [2.75, 3.05) is 0 Å². The molecule has 3 nitrogen and oxygen atoms in total. The first kappa shape index (κ1) is 22.4. The highest BCUT2D eigenvalue weighted by Gasteiger charge is 2.19. The van der Waals surface area contributed by atoms with Gasteiger partial charge in [0, 0.05) is 47.4 Å². The van der Waals surface area contributed by atoms with Crippen molar-refractivity contribution in [2.45, 2.75) is 0 Å². The number of hydrogen-bond donors (Lipinski definition) is 0. The molecule has 4 heteroatoms. The Morgan fingerprint density at radius 1 is 0.488 bits per heavy atom. The Morgan fingerprint density at radius 3 is 1.85 bits per heavy atom. The van der Waals surface area contributed by atoms with Gasteiger partial charge in [0.15, 0.2) is 0 Å². The summed E-state index contributed by atoms with van der Waals surface area (Å²) in [5.74, 6) is 0. The number of nitrogens with zero attached hydrogens (tertiary/aromatic N) is 3. The summed E-state index contributed by atoms with van der Waals surface area (Å²) in [5, 5.41) is 17.1. The maximum absolute atomic E-state index is 9.97. The monoisotopic (exact) mass is 539 g/mol. The molecule has 0 radical (unpaired) electrons. The molecule has 0 aliphatic carbocycles. The minimum absolute atomic E-state index is 0.702. The zero-order chi connectivity index (χ0) is 27.1. The summed E-state index contributed by atoms with van der Waals surface area (Å²) >= 11 is 1.83. The number of thiophene rings is 1. The fraction of sp³-hybridized carbons (Fsp3) is 0. The predicted molar refractivity (Wildman–Crippen MR) is 173 cm³/mol. The van der Waals surface area contributed by atoms with Gasteiger partial charge in [-0.2, -0.15) is 5.26 Å². The van der Waals surface area contributed by atoms with Crippen molar-refractivity contribution < 1.29 is 0 Å². The van der Waals surface area contributed by atoms with E-state index in [-0.39, 0.29) is 0 Å². The molecule has 0 aliphatic rings. The van der Waals surface area contributed by atoms with Crippen LogP contribution in [0.3, 0.4) is 0 Å². The molecule has 0 saturated heterocycles. The minimum atomic E-state index is 0.702. The summed E-state index contributed by atoms with van der Waals surface area (Å²) < 4.78 is 7.23. The molecule has 190 valence electrons. The van der Waals surface area contributed by atoms with Crippen LogP contribution in [-0.2, 0) is 0 Å². The summed E-state index contributed by atoms with van der Waals surface area (Å²) in [7, 11) is 0. The van der Waals surface area contributed by atoms with Crippen molar-refractivity contribution in [2.24, 2.45) is 0 Å². The second kappa shape index (κ2) is 8.32. The smallest absolute Gasteiger partial charge is 0.0998 e. The lowest BCUT2D eigenvalue weighted by molar-refractivity contribution is 1.19. The number of hydrogen-bond acceptors (Lipinski definition) is 2. The molecule has 0 unspecified atom stereocenters. The number of para-hydroxylation sites is 3. The van der Waals surface area contributed by atoms with Gasteiger partial charge in [-0.05, 0) is 60.7 Å². The molecule has 0 spiro atoms. The van der Waals surface area contributed by atoms with E-state index >= 15 is 0 Å². The van der Waals surface area contributed by atoms with Crippen LogP contribution in [0.25, 0.3) is 75.2 Å². The number of benzene rings is 6. The molecule has 3 aromatic heterocycles. The normalized spacial score (nSPS) is 11.9. The molecular formula is C37H21N3S. The first-order valence-electron chi connectivity index (χ1n) is 13.7. The maximum Gasteiger partial charge on any atom is 0.0998 e. The van der Waals surface area contributed by atoms with Crippen molar-refractivity contribution in [3.05, 3.63) is 133 Å². The Kier molecular flexibility index (Phi) is 4.55. The summed E-state index contributed by atoms with van der Waals surface area (Å²) in [5.41, 5.74) is 7.56. The van der Waals surface area contributed by atoms with E-state index in [9.17, 15) is 5.26 Å². The van der Waals surface area contributed by atoms with E-state index in [2.05, 4.69) is 130 Å². The van der Waals surface area contributed by atoms with Crippen molar-refractivity contribution in [1.29, 1.82) is 5.26 Å². The van der Waals surface area contributed by atoms with Crippen LogP contribution in [0.5, 0.6) is 0 Å². The molecule has 0 fully saturated rings. The first-order valence-corrected chi connectivity index (χ1v) is 14.5. The summed E-state index contributed by atoms with van der Waals surface area (Å²) in [6, 6.07) is 47.6. The van der Waals surface area contributed by atoms with Gasteiger partial charge in [0.1, 0.15) is 0 Å². The number of fused-ring (bicyclic) bond motifs is 9. The van der Waals surface area contributed by atoms with Crippen LogP contribution < -0.4 is 0 Å². The van der Waals surface area contributed by atoms with E-state index in [1.165, 1.54) is 42.0 Å². The third-order valence-electron chi connectivity index (χ3n) is 8.35. The molecule has 0 aliphatic heterocycles. The van der Waals surface area contributed by atoms with Crippen LogP contribution in [0.2, 0.25) is 0 Å². The van der Waals surface area contributed by atoms with Crippen LogP contribution in [-0.4, -0.2) is 9.13 Å². The summed E-state index contributed by atoms with van der Waals surface area (Å²) in [4.78, 5) is 0. The van der Waals surface area contributed by atoms with E-state index in [0.717, 1.165) is 33.2 Å². The first-order chi connectivity index (χ1) is 20.3. The zero-order valence-corrected chi connectivity index (χ0v) is 22.7. The average molecular weight is 540 g/mol. The molecule has 0 bridgehead atoms. The minimum Gasteiger partial charge on any atom is -0.309 e. The summed E-state index contributed by atoms with van der Waals surface area (Å²) in [6.07, 6.45) is 0. The third kappa shape index (κ3) is 3.01. The molecule has 9 rings (SSSR count). The lowest BCUT2D eigenvalue weighted by Crippen LogP contribution is -1.95. The Hall–Kier alpha value is -5.37. The van der Waals surface area contributed by atoms with Crippen LogP contribution in [0.15, 0.2) is 127 Å². The lowest BCUT2D eigenvalue weighted by atomic mass is 10.1. The van der Waals surface area contributed by atoms with Gasteiger partial charge in [-0.1, -0.05) is 66.7 Å². The molecule has 41 heavy (non-hydrogen) atoms. The molecule has 3 heterocycles. The van der Waals surface area contributed by atoms with Crippen molar-refractivity contribution in [3.63, 3.8) is 0 Å². The highest BCUT2D eigenvalue weighted by molar-refractivity contribution is 7.25. The number of aromatic nitrogens is 2. The SMILES string of the molecule is N#Cc1cccc2c1c1ccccc1n2-c1cccc2sc3ccc(-n4c5ccccc5c5ccccc54)cc3c12. The van der Waals surface area contributed by atoms with Gasteiger partial charge < -0.3 is 9.13 Å². The topological polar surface area (TPSA) is 33.6 Å². The predicted octanol–water partition coefficient (Wildman–Crippen LogP) is 10.1. The highest BCUT2D eigenvalue weighted by atomic mass is 32.1. The van der Waals surface area contributed by atoms with E-state index in [0.29, 0.717) is 5.56 Å². The van der Waals surface area contributed by atoms with Gasteiger partial charge in [-0.25, -0.2) is 0 Å². The van der Waals surface area contributed by atoms with Crippen LogP contribution in [0.4, 0.5) is 0 Å². The second-order valence-electron chi connectivity index (χ2n) is 10.5. The fourth-order valence-corrected chi connectivity index (χ4v) is 7.80. The van der Waals surface area contributed by atoms with Crippen LogP contribution >= 0.6 is 11.3 Å². The van der Waals surface area contributed by atoms with E-state index in [1.807, 2.05) is 23.5 Å². The van der Waals surface area contributed by atoms with E-state index in [4.69, 9.17) is 0 Å². The fourth-order valence-electron chi connectivity index (χ4n) is 6.69. The molecule has 9 aromatic rings. The standard InChI is InChI=1S/C37H21N3S/c38-22-23-9-7-16-32-36(23)27-12-3-6-15-31(27)40(32)33-17-8-18-35-37(33)28-21-24(19-20-34(28)41-35)39-29-13-4-1-10-25(29)26-11-2-5-14-30(26)39/h1-21H. The Bertz CT molecular complexity index is 2500. The highest BCUT2D eigenvalue weighted by Crippen LogP contribution is 2.42. The Morgan fingerprint density at radius 2 is 1.12 bits per heavy atom. The Labute approximate surface area is 239 Å². The Balaban J connectivity index is 1.40. The van der Waals surface area contributed by atoms with E-state index in [1.54, 1.807) is 0 Å². The van der Waals surface area contributed by atoms with Crippen molar-refractivity contribution >= 4 is 75.1 Å². The van der Waals surface area contributed by atoms with Gasteiger partial charge in [-0.15, -0.1) is 11.3 Å². The molecule has 0 amide bonds. The molecule has 0 N–H and O–H groups in total. The van der Waals surface area contributed by atoms with E-state index < -0.39 is 0 Å². The van der Waals surface area contributed by atoms with Crippen molar-refractivity contribution in [3.8, 4) is 17.4 Å². The van der Waals surface area contributed by atoms with Gasteiger partial charge in [0.25, 0.3) is 0 Å². The lowest BCUT2D eigenvalue weighted by Gasteiger charge is -2.11. The van der Waals surface area contributed by atoms with Crippen LogP contribution in [0.1, 0.15) is 5.56 Å². The van der Waals surface area contributed by atoms with Gasteiger partial charge in [0.05, 0.1) is 39.4 Å². The molecule has 0 atom stereocenters. The second-order valence-corrected chi connectivity index (χ2v) is 11.6. The number of nitriles is 1. The molecule has 0 saturated carbocycles. The largest absolute Gasteiger partial charge is 0.309 e. The number of rotatable bonds is 2.